The van der Waals surface area contributed by atoms with E-state index in [1.165, 1.54) is 0 Å². The van der Waals surface area contributed by atoms with E-state index < -0.39 is 0 Å². The Bertz CT molecular complexity index is 690. The van der Waals surface area contributed by atoms with Crippen LogP contribution in [0.2, 0.25) is 0 Å². The molecule has 6 nitrogen and oxygen atoms in total. The van der Waals surface area contributed by atoms with Crippen LogP contribution in [-0.2, 0) is 10.2 Å². The van der Waals surface area contributed by atoms with Crippen molar-refractivity contribution in [2.45, 2.75) is 70.9 Å². The molecule has 0 spiro atoms. The molecule has 3 rings (SSSR count). The van der Waals surface area contributed by atoms with Crippen molar-refractivity contribution in [3.63, 3.8) is 0 Å². The summed E-state index contributed by atoms with van der Waals surface area (Å²) in [5.74, 6) is 0.645. The van der Waals surface area contributed by atoms with Gasteiger partial charge in [0.2, 0.25) is 0 Å². The fraction of sp³-hybridized carbons (Fsp3) is 0.722. The molecular weight excluding hydrogens is 306 g/mol. The van der Waals surface area contributed by atoms with Crippen LogP contribution >= 0.6 is 0 Å². The van der Waals surface area contributed by atoms with Crippen molar-refractivity contribution < 1.29 is 9.53 Å². The minimum Gasteiger partial charge on any atom is -0.378 e. The van der Waals surface area contributed by atoms with Crippen LogP contribution in [0.4, 0.5) is 0 Å². The topological polar surface area (TPSA) is 84.1 Å². The molecule has 2 fully saturated rings. The molecule has 0 bridgehead atoms. The normalized spacial score (nSPS) is 26.9. The third kappa shape index (κ3) is 3.24. The summed E-state index contributed by atoms with van der Waals surface area (Å²) in [7, 11) is 0. The summed E-state index contributed by atoms with van der Waals surface area (Å²) in [6.45, 7) is 8.43. The highest BCUT2D eigenvalue weighted by Gasteiger charge is 2.38. The van der Waals surface area contributed by atoms with Gasteiger partial charge >= 0.3 is 0 Å². The van der Waals surface area contributed by atoms with Crippen molar-refractivity contribution in [1.29, 1.82) is 0 Å². The van der Waals surface area contributed by atoms with E-state index in [4.69, 9.17) is 4.74 Å². The molecule has 1 saturated heterocycles. The number of hydrogen-bond donors (Lipinski definition) is 2. The summed E-state index contributed by atoms with van der Waals surface area (Å²) in [5.41, 5.74) is -0.0170. The molecule has 1 aromatic rings. The molecule has 1 aliphatic carbocycles. The number of carbonyl (C=O) groups is 1. The molecular formula is C18H27N3O3. The van der Waals surface area contributed by atoms with Crippen LogP contribution in [0, 0.1) is 12.8 Å². The Labute approximate surface area is 142 Å². The van der Waals surface area contributed by atoms with Crippen molar-refractivity contribution in [3.8, 4) is 0 Å². The van der Waals surface area contributed by atoms with Crippen molar-refractivity contribution in [2.75, 3.05) is 6.61 Å². The smallest absolute Gasteiger partial charge is 0.264 e. The van der Waals surface area contributed by atoms with Crippen LogP contribution in [0.25, 0.3) is 0 Å². The molecule has 1 aromatic heterocycles. The summed E-state index contributed by atoms with van der Waals surface area (Å²) >= 11 is 0. The molecule has 2 aliphatic rings. The monoisotopic (exact) mass is 333 g/mol. The van der Waals surface area contributed by atoms with E-state index in [0.29, 0.717) is 17.4 Å². The Kier molecular flexibility index (Phi) is 4.51. The summed E-state index contributed by atoms with van der Waals surface area (Å²) < 4.78 is 5.74. The number of aromatic amines is 1. The van der Waals surface area contributed by atoms with Crippen LogP contribution < -0.4 is 10.9 Å². The zero-order chi connectivity index (χ0) is 17.5. The summed E-state index contributed by atoms with van der Waals surface area (Å²) in [6.07, 6.45) is 4.29. The number of amides is 1. The Morgan fingerprint density at radius 1 is 1.29 bits per heavy atom. The van der Waals surface area contributed by atoms with Gasteiger partial charge in [-0.3, -0.25) is 9.59 Å². The molecule has 6 heteroatoms. The van der Waals surface area contributed by atoms with Gasteiger partial charge in [0, 0.05) is 24.0 Å². The van der Waals surface area contributed by atoms with Crippen LogP contribution in [0.3, 0.4) is 0 Å². The summed E-state index contributed by atoms with van der Waals surface area (Å²) in [5, 5.41) is 3.07. The van der Waals surface area contributed by atoms with Gasteiger partial charge in [0.25, 0.3) is 11.5 Å². The number of ether oxygens (including phenoxy) is 1. The number of aryl methyl sites for hydroxylation is 1. The Balaban J connectivity index is 1.81. The van der Waals surface area contributed by atoms with Gasteiger partial charge in [-0.05, 0) is 32.6 Å². The van der Waals surface area contributed by atoms with Crippen LogP contribution in [0.15, 0.2) is 4.79 Å². The second kappa shape index (κ2) is 6.31. The van der Waals surface area contributed by atoms with E-state index in [9.17, 15) is 9.59 Å². The molecule has 0 radical (unpaired) electrons. The van der Waals surface area contributed by atoms with Crippen molar-refractivity contribution in [2.24, 2.45) is 5.92 Å². The first-order chi connectivity index (χ1) is 11.3. The van der Waals surface area contributed by atoms with Crippen molar-refractivity contribution in [1.82, 2.24) is 15.3 Å². The third-order valence-corrected chi connectivity index (χ3v) is 5.14. The van der Waals surface area contributed by atoms with Gasteiger partial charge in [-0.1, -0.05) is 20.8 Å². The molecule has 24 heavy (non-hydrogen) atoms. The lowest BCUT2D eigenvalue weighted by molar-refractivity contribution is 0.0510. The van der Waals surface area contributed by atoms with Crippen LogP contribution in [-0.4, -0.2) is 34.6 Å². The Morgan fingerprint density at radius 3 is 2.71 bits per heavy atom. The van der Waals surface area contributed by atoms with E-state index in [2.05, 4.69) is 15.3 Å². The number of nitrogens with one attached hydrogen (secondary N) is 2. The second-order valence-corrected chi connectivity index (χ2v) is 8.00. The van der Waals surface area contributed by atoms with Crippen LogP contribution in [0.1, 0.15) is 68.3 Å². The molecule has 2 N–H and O–H groups in total. The maximum absolute atomic E-state index is 12.7. The van der Waals surface area contributed by atoms with Crippen LogP contribution in [0.5, 0.6) is 0 Å². The lowest BCUT2D eigenvalue weighted by atomic mass is 9.81. The van der Waals surface area contributed by atoms with Gasteiger partial charge in [-0.2, -0.15) is 0 Å². The van der Waals surface area contributed by atoms with Gasteiger partial charge in [0.1, 0.15) is 11.4 Å². The Hall–Kier alpha value is -1.69. The molecule has 1 amide bonds. The fourth-order valence-electron chi connectivity index (χ4n) is 3.80. The zero-order valence-corrected chi connectivity index (χ0v) is 14.9. The van der Waals surface area contributed by atoms with E-state index in [0.717, 1.165) is 32.3 Å². The summed E-state index contributed by atoms with van der Waals surface area (Å²) in [4.78, 5) is 32.3. The number of carbonyl (C=O) groups excluding carboxylic acids is 1. The first-order valence-electron chi connectivity index (χ1n) is 8.81. The van der Waals surface area contributed by atoms with Gasteiger partial charge in [0.15, 0.2) is 0 Å². The van der Waals surface area contributed by atoms with Gasteiger partial charge in [-0.25, -0.2) is 4.98 Å². The van der Waals surface area contributed by atoms with E-state index in [-0.39, 0.29) is 34.6 Å². The standard InChI is InChI=1S/C18H27N3O3/c1-10-14(16(23)21-17(19-10)18(2,3)4)15(22)20-12-6-5-7-13-11(12)8-9-24-13/h11-13H,5-9H2,1-4H3,(H,20,22)(H,19,21,23). The van der Waals surface area contributed by atoms with E-state index in [1.807, 2.05) is 20.8 Å². The SMILES string of the molecule is Cc1nc(C(C)(C)C)[nH]c(=O)c1C(=O)NC1CCCC2OCCC12. The molecule has 3 atom stereocenters. The molecule has 2 heterocycles. The summed E-state index contributed by atoms with van der Waals surface area (Å²) in [6, 6.07) is 0.0832. The number of rotatable bonds is 2. The Morgan fingerprint density at radius 2 is 2.04 bits per heavy atom. The minimum absolute atomic E-state index is 0.0832. The number of nitrogens with zero attached hydrogens (tertiary/aromatic N) is 1. The van der Waals surface area contributed by atoms with Gasteiger partial charge in [-0.15, -0.1) is 0 Å². The predicted molar refractivity (Wildman–Crippen MR) is 91.2 cm³/mol. The second-order valence-electron chi connectivity index (χ2n) is 8.00. The molecule has 3 unspecified atom stereocenters. The maximum atomic E-state index is 12.7. The van der Waals surface area contributed by atoms with E-state index in [1.54, 1.807) is 6.92 Å². The predicted octanol–water partition coefficient (Wildman–Crippen LogP) is 2.06. The minimum atomic E-state index is -0.361. The first kappa shape index (κ1) is 17.1. The average Bonchev–Trinajstić information content (AvgIpc) is 2.95. The zero-order valence-electron chi connectivity index (χ0n) is 14.9. The van der Waals surface area contributed by atoms with Gasteiger partial charge < -0.3 is 15.0 Å². The highest BCUT2D eigenvalue weighted by Crippen LogP contribution is 2.34. The van der Waals surface area contributed by atoms with Crippen molar-refractivity contribution in [3.05, 3.63) is 27.4 Å². The molecule has 0 aromatic carbocycles. The third-order valence-electron chi connectivity index (χ3n) is 5.14. The molecule has 1 aliphatic heterocycles. The fourth-order valence-corrected chi connectivity index (χ4v) is 3.80. The quantitative estimate of drug-likeness (QED) is 0.868. The lowest BCUT2D eigenvalue weighted by Crippen LogP contribution is -2.47. The average molecular weight is 333 g/mol. The highest BCUT2D eigenvalue weighted by atomic mass is 16.5. The molecule has 132 valence electrons. The highest BCUT2D eigenvalue weighted by molar-refractivity contribution is 5.95. The molecule has 1 saturated carbocycles. The van der Waals surface area contributed by atoms with Crippen molar-refractivity contribution >= 4 is 5.91 Å². The number of fused-ring (bicyclic) bond motifs is 1. The lowest BCUT2D eigenvalue weighted by Gasteiger charge is -2.33. The number of hydrogen-bond acceptors (Lipinski definition) is 4. The number of aromatic nitrogens is 2. The maximum Gasteiger partial charge on any atom is 0.264 e. The van der Waals surface area contributed by atoms with Gasteiger partial charge in [0.05, 0.1) is 11.8 Å². The largest absolute Gasteiger partial charge is 0.378 e. The number of H-pyrrole nitrogens is 1. The van der Waals surface area contributed by atoms with E-state index >= 15 is 0 Å². The first-order valence-corrected chi connectivity index (χ1v) is 8.81.